The Labute approximate surface area is 106 Å². The van der Waals surface area contributed by atoms with Crippen LogP contribution in [0.3, 0.4) is 0 Å². The molecular formula is C11H17FN2O3S. The molecule has 18 heavy (non-hydrogen) atoms. The van der Waals surface area contributed by atoms with Gasteiger partial charge in [-0.25, -0.2) is 17.5 Å². The summed E-state index contributed by atoms with van der Waals surface area (Å²) in [7, 11) is -4.01. The number of nitrogens with two attached hydrogens (primary N) is 1. The number of anilines is 1. The van der Waals surface area contributed by atoms with Gasteiger partial charge in [0.25, 0.3) is 0 Å². The van der Waals surface area contributed by atoms with Crippen molar-refractivity contribution in [2.45, 2.75) is 24.8 Å². The molecule has 0 aliphatic carbocycles. The zero-order chi connectivity index (χ0) is 13.9. The number of hydrogen-bond acceptors (Lipinski definition) is 4. The van der Waals surface area contributed by atoms with E-state index < -0.39 is 26.8 Å². The topological polar surface area (TPSA) is 92.4 Å². The number of nitrogen functional groups attached to an aromatic ring is 1. The fourth-order valence-electron chi connectivity index (χ4n) is 1.23. The highest BCUT2D eigenvalue weighted by atomic mass is 32.2. The largest absolute Gasteiger partial charge is 0.399 e. The van der Waals surface area contributed by atoms with Crippen molar-refractivity contribution in [2.24, 2.45) is 5.92 Å². The molecule has 5 nitrogen and oxygen atoms in total. The first-order chi connectivity index (χ1) is 8.24. The summed E-state index contributed by atoms with van der Waals surface area (Å²) in [6.45, 7) is 3.33. The van der Waals surface area contributed by atoms with E-state index in [1.807, 2.05) is 0 Å². The molecule has 1 rings (SSSR count). The van der Waals surface area contributed by atoms with Gasteiger partial charge in [-0.1, -0.05) is 13.8 Å². The number of sulfonamides is 1. The first-order valence-electron chi connectivity index (χ1n) is 5.47. The van der Waals surface area contributed by atoms with E-state index in [-0.39, 0.29) is 18.2 Å². The molecule has 1 unspecified atom stereocenters. The molecule has 0 amide bonds. The fourth-order valence-corrected chi connectivity index (χ4v) is 2.40. The van der Waals surface area contributed by atoms with Crippen LogP contribution < -0.4 is 10.5 Å². The van der Waals surface area contributed by atoms with E-state index in [4.69, 9.17) is 5.73 Å². The third kappa shape index (κ3) is 3.66. The summed E-state index contributed by atoms with van der Waals surface area (Å²) in [5.74, 6) is -0.978. The van der Waals surface area contributed by atoms with Crippen molar-refractivity contribution in [3.05, 3.63) is 24.0 Å². The lowest BCUT2D eigenvalue weighted by Crippen LogP contribution is -2.35. The molecule has 102 valence electrons. The lowest BCUT2D eigenvalue weighted by molar-refractivity contribution is 0.129. The van der Waals surface area contributed by atoms with E-state index in [2.05, 4.69) is 4.72 Å². The van der Waals surface area contributed by atoms with Crippen LogP contribution in [-0.4, -0.2) is 26.2 Å². The summed E-state index contributed by atoms with van der Waals surface area (Å²) in [5, 5.41) is 9.52. The maximum absolute atomic E-state index is 13.4. The van der Waals surface area contributed by atoms with Gasteiger partial charge < -0.3 is 10.8 Å². The monoisotopic (exact) mass is 276 g/mol. The van der Waals surface area contributed by atoms with Crippen LogP contribution >= 0.6 is 0 Å². The van der Waals surface area contributed by atoms with Crippen molar-refractivity contribution in [1.82, 2.24) is 4.72 Å². The van der Waals surface area contributed by atoms with Crippen LogP contribution in [0.4, 0.5) is 10.1 Å². The molecule has 0 spiro atoms. The highest BCUT2D eigenvalue weighted by Crippen LogP contribution is 2.17. The Kier molecular flexibility index (Phi) is 4.66. The summed E-state index contributed by atoms with van der Waals surface area (Å²) >= 11 is 0. The zero-order valence-corrected chi connectivity index (χ0v) is 11.0. The second-order valence-electron chi connectivity index (χ2n) is 4.35. The molecule has 4 N–H and O–H groups in total. The SMILES string of the molecule is CC(C)C(O)CNS(=O)(=O)c1cc(N)ccc1F. The maximum atomic E-state index is 13.4. The molecule has 7 heteroatoms. The van der Waals surface area contributed by atoms with Gasteiger partial charge in [0.15, 0.2) is 0 Å². The second-order valence-corrected chi connectivity index (χ2v) is 6.09. The van der Waals surface area contributed by atoms with Crippen LogP contribution in [0, 0.1) is 11.7 Å². The Hall–Kier alpha value is -1.18. The lowest BCUT2D eigenvalue weighted by Gasteiger charge is -2.15. The highest BCUT2D eigenvalue weighted by Gasteiger charge is 2.21. The van der Waals surface area contributed by atoms with E-state index in [1.54, 1.807) is 13.8 Å². The molecule has 0 bridgehead atoms. The average molecular weight is 276 g/mol. The second kappa shape index (κ2) is 5.64. The third-order valence-corrected chi connectivity index (χ3v) is 3.94. The minimum Gasteiger partial charge on any atom is -0.399 e. The molecule has 0 fully saturated rings. The van der Waals surface area contributed by atoms with Gasteiger partial charge in [-0.3, -0.25) is 0 Å². The lowest BCUT2D eigenvalue weighted by atomic mass is 10.1. The van der Waals surface area contributed by atoms with Crippen LogP contribution in [0.25, 0.3) is 0 Å². The van der Waals surface area contributed by atoms with Crippen LogP contribution in [0.1, 0.15) is 13.8 Å². The number of halogens is 1. The number of aliphatic hydroxyl groups is 1. The number of rotatable bonds is 5. The predicted octanol–water partition coefficient (Wildman–Crippen LogP) is 0.703. The molecule has 0 aliphatic rings. The number of nitrogens with one attached hydrogen (secondary N) is 1. The molecule has 0 saturated carbocycles. The Morgan fingerprint density at radius 3 is 2.61 bits per heavy atom. The number of aliphatic hydroxyl groups excluding tert-OH is 1. The van der Waals surface area contributed by atoms with E-state index in [0.717, 1.165) is 12.1 Å². The molecule has 1 aromatic carbocycles. The summed E-state index contributed by atoms with van der Waals surface area (Å²) in [5.41, 5.74) is 5.57. The Morgan fingerprint density at radius 2 is 2.06 bits per heavy atom. The first-order valence-corrected chi connectivity index (χ1v) is 6.95. The van der Waals surface area contributed by atoms with E-state index in [1.165, 1.54) is 6.07 Å². The summed E-state index contributed by atoms with van der Waals surface area (Å²) in [6, 6.07) is 3.31. The van der Waals surface area contributed by atoms with Gasteiger partial charge in [-0.2, -0.15) is 0 Å². The molecule has 0 radical (unpaired) electrons. The summed E-state index contributed by atoms with van der Waals surface area (Å²) in [6.07, 6.45) is -0.830. The molecule has 1 aromatic rings. The van der Waals surface area contributed by atoms with Gasteiger partial charge in [0.05, 0.1) is 6.10 Å². The van der Waals surface area contributed by atoms with Gasteiger partial charge >= 0.3 is 0 Å². The van der Waals surface area contributed by atoms with Gasteiger partial charge in [0.1, 0.15) is 10.7 Å². The zero-order valence-electron chi connectivity index (χ0n) is 10.2. The first kappa shape index (κ1) is 14.9. The fraction of sp³-hybridized carbons (Fsp3) is 0.455. The Bertz CT molecular complexity index is 517. The van der Waals surface area contributed by atoms with Gasteiger partial charge in [-0.15, -0.1) is 0 Å². The summed E-state index contributed by atoms with van der Waals surface area (Å²) in [4.78, 5) is -0.515. The van der Waals surface area contributed by atoms with Gasteiger partial charge in [0, 0.05) is 12.2 Å². The van der Waals surface area contributed by atoms with Crippen LogP contribution in [0.5, 0.6) is 0 Å². The molecule has 1 atom stereocenters. The van der Waals surface area contributed by atoms with Crippen LogP contribution in [-0.2, 0) is 10.0 Å². The number of benzene rings is 1. The highest BCUT2D eigenvalue weighted by molar-refractivity contribution is 7.89. The minimum atomic E-state index is -4.01. The molecular weight excluding hydrogens is 259 g/mol. The average Bonchev–Trinajstić information content (AvgIpc) is 2.29. The van der Waals surface area contributed by atoms with E-state index in [0.29, 0.717) is 0 Å². The molecule has 0 heterocycles. The Morgan fingerprint density at radius 1 is 1.44 bits per heavy atom. The van der Waals surface area contributed by atoms with Crippen molar-refractivity contribution >= 4 is 15.7 Å². The van der Waals surface area contributed by atoms with Crippen LogP contribution in [0.2, 0.25) is 0 Å². The van der Waals surface area contributed by atoms with Crippen molar-refractivity contribution in [3.8, 4) is 0 Å². The smallest absolute Gasteiger partial charge is 0.243 e. The molecule has 0 aromatic heterocycles. The maximum Gasteiger partial charge on any atom is 0.243 e. The van der Waals surface area contributed by atoms with Gasteiger partial charge in [0.2, 0.25) is 10.0 Å². The molecule has 0 saturated heterocycles. The predicted molar refractivity (Wildman–Crippen MR) is 66.8 cm³/mol. The summed E-state index contributed by atoms with van der Waals surface area (Å²) < 4.78 is 39.2. The number of hydrogen-bond donors (Lipinski definition) is 3. The van der Waals surface area contributed by atoms with Crippen molar-refractivity contribution in [3.63, 3.8) is 0 Å². The molecule has 0 aliphatic heterocycles. The van der Waals surface area contributed by atoms with Gasteiger partial charge in [-0.05, 0) is 24.1 Å². The standard InChI is InChI=1S/C11H17FN2O3S/c1-7(2)10(15)6-14-18(16,17)11-5-8(13)3-4-9(11)12/h3-5,7,10,14-15H,6,13H2,1-2H3. The van der Waals surface area contributed by atoms with E-state index in [9.17, 15) is 17.9 Å². The normalized spacial score (nSPS) is 13.8. The van der Waals surface area contributed by atoms with E-state index >= 15 is 0 Å². The minimum absolute atomic E-state index is 0.0987. The quantitative estimate of drug-likeness (QED) is 0.690. The third-order valence-electron chi connectivity index (χ3n) is 2.50. The van der Waals surface area contributed by atoms with Crippen molar-refractivity contribution in [2.75, 3.05) is 12.3 Å². The Balaban J connectivity index is 2.90. The van der Waals surface area contributed by atoms with Crippen molar-refractivity contribution < 1.29 is 17.9 Å². The van der Waals surface area contributed by atoms with Crippen molar-refractivity contribution in [1.29, 1.82) is 0 Å². The van der Waals surface area contributed by atoms with Crippen LogP contribution in [0.15, 0.2) is 23.1 Å².